The number of carboxylic acid groups (broad SMARTS) is 1. The summed E-state index contributed by atoms with van der Waals surface area (Å²) in [6.45, 7) is 1.95. The predicted molar refractivity (Wildman–Crippen MR) is 60.3 cm³/mol. The molecule has 0 amide bonds. The van der Waals surface area contributed by atoms with Crippen LogP contribution in [0.5, 0.6) is 0 Å². The first-order valence-electron chi connectivity index (χ1n) is 4.57. The number of hydrogen-bond donors (Lipinski definition) is 1. The Hall–Kier alpha value is -0.511. The first kappa shape index (κ1) is 13.5. The molecule has 0 bridgehead atoms. The molecule has 0 unspecified atom stereocenters. The number of benzene rings is 1. The molecule has 0 saturated heterocycles. The van der Waals surface area contributed by atoms with Gasteiger partial charge in [0.2, 0.25) is 0 Å². The van der Waals surface area contributed by atoms with E-state index in [9.17, 15) is 4.79 Å². The molecule has 1 N–H and O–H groups in total. The molecule has 0 aliphatic rings. The van der Waals surface area contributed by atoms with Crippen LogP contribution in [0.15, 0.2) is 24.3 Å². The molecular weight excluding hydrogens is 283 g/mol. The summed E-state index contributed by atoms with van der Waals surface area (Å²) in [7, 11) is 0. The van der Waals surface area contributed by atoms with Gasteiger partial charge in [0.05, 0.1) is 5.56 Å². The average molecular weight is 299 g/mol. The fourth-order valence-electron chi connectivity index (χ4n) is 1.04. The van der Waals surface area contributed by atoms with Gasteiger partial charge in [-0.1, -0.05) is 25.1 Å². The Kier molecular flexibility index (Phi) is 7.57. The maximum absolute atomic E-state index is 10.6. The van der Waals surface area contributed by atoms with E-state index in [-0.39, 0.29) is 21.1 Å². The number of aryl methyl sites for hydroxylation is 1. The Labute approximate surface area is 95.6 Å². The van der Waals surface area contributed by atoms with Crippen LogP contribution in [0.4, 0.5) is 0 Å². The molecule has 3 heteroatoms. The van der Waals surface area contributed by atoms with Crippen molar-refractivity contribution >= 4 is 27.1 Å². The van der Waals surface area contributed by atoms with Gasteiger partial charge in [0.25, 0.3) is 0 Å². The Morgan fingerprint density at radius 3 is 2.21 bits per heavy atom. The molecule has 0 spiro atoms. The van der Waals surface area contributed by atoms with Crippen molar-refractivity contribution in [1.29, 1.82) is 0 Å². The molecule has 14 heavy (non-hydrogen) atoms. The maximum atomic E-state index is 10.6. The Morgan fingerprint density at radius 1 is 1.36 bits per heavy atom. The van der Waals surface area contributed by atoms with Crippen LogP contribution >= 0.6 is 0 Å². The van der Waals surface area contributed by atoms with Gasteiger partial charge >= 0.3 is 37.0 Å². The van der Waals surface area contributed by atoms with Crippen LogP contribution in [0.25, 0.3) is 0 Å². The van der Waals surface area contributed by atoms with Crippen molar-refractivity contribution < 1.29 is 9.90 Å². The van der Waals surface area contributed by atoms with Crippen LogP contribution in [-0.4, -0.2) is 32.2 Å². The van der Waals surface area contributed by atoms with Crippen molar-refractivity contribution in [2.45, 2.75) is 23.2 Å². The summed E-state index contributed by atoms with van der Waals surface area (Å²) in [5.74, 6) is -0.845. The molecule has 0 heterocycles. The van der Waals surface area contributed by atoms with Gasteiger partial charge in [-0.25, -0.2) is 4.79 Å². The van der Waals surface area contributed by atoms with Crippen molar-refractivity contribution in [3.05, 3.63) is 35.4 Å². The van der Waals surface area contributed by atoms with Gasteiger partial charge in [-0.2, -0.15) is 0 Å². The quantitative estimate of drug-likeness (QED) is 0.853. The third-order valence-electron chi connectivity index (χ3n) is 1.63. The van der Waals surface area contributed by atoms with Crippen molar-refractivity contribution in [2.24, 2.45) is 0 Å². The molecule has 1 aromatic carbocycles. The van der Waals surface area contributed by atoms with E-state index in [4.69, 9.17) is 5.11 Å². The third kappa shape index (κ3) is 4.65. The van der Waals surface area contributed by atoms with Crippen molar-refractivity contribution in [3.8, 4) is 0 Å². The summed E-state index contributed by atoms with van der Waals surface area (Å²) in [6, 6.07) is 7.05. The Balaban J connectivity index is 0.000000500. The fourth-order valence-corrected chi connectivity index (χ4v) is 1.04. The summed E-state index contributed by atoms with van der Waals surface area (Å²) in [5.41, 5.74) is 1.30. The topological polar surface area (TPSA) is 37.3 Å². The zero-order valence-corrected chi connectivity index (χ0v) is 11.7. The zero-order chi connectivity index (χ0) is 11.0. The molecule has 1 rings (SSSR count). The minimum atomic E-state index is -0.845. The van der Waals surface area contributed by atoms with Gasteiger partial charge in [0.15, 0.2) is 0 Å². The fraction of sp³-hybridized carbons (Fsp3) is 0.364. The molecule has 0 aliphatic heterocycles. The molecule has 2 nitrogen and oxygen atoms in total. The average Bonchev–Trinajstić information content (AvgIpc) is 2.19. The molecule has 0 aliphatic carbocycles. The summed E-state index contributed by atoms with van der Waals surface area (Å²) >= 11 is 0.230. The minimum absolute atomic E-state index is 0.230. The van der Waals surface area contributed by atoms with E-state index in [0.29, 0.717) is 5.56 Å². The second-order valence-electron chi connectivity index (χ2n) is 2.82. The molecule has 0 aromatic heterocycles. The van der Waals surface area contributed by atoms with E-state index in [1.807, 2.05) is 19.1 Å². The normalized spacial score (nSPS) is 8.79. The first-order valence-corrected chi connectivity index (χ1v) is 10.3. The molecule has 76 valence electrons. The number of carbonyl (C=O) groups is 1. The van der Waals surface area contributed by atoms with E-state index in [1.54, 1.807) is 12.1 Å². The van der Waals surface area contributed by atoms with E-state index in [0.717, 1.165) is 12.0 Å². The van der Waals surface area contributed by atoms with Crippen LogP contribution in [-0.2, 0) is 6.42 Å². The van der Waals surface area contributed by atoms with E-state index in [1.165, 1.54) is 0 Å². The van der Waals surface area contributed by atoms with Gasteiger partial charge < -0.3 is 5.11 Å². The second kappa shape index (κ2) is 7.85. The van der Waals surface area contributed by atoms with E-state index >= 15 is 0 Å². The van der Waals surface area contributed by atoms with Gasteiger partial charge in [-0.15, -0.1) is 0 Å². The van der Waals surface area contributed by atoms with Crippen LogP contribution in [0.2, 0.25) is 9.88 Å². The number of rotatable bonds is 2. The van der Waals surface area contributed by atoms with Crippen molar-refractivity contribution in [2.75, 3.05) is 0 Å². The Bertz CT molecular complexity index is 284. The van der Waals surface area contributed by atoms with Crippen molar-refractivity contribution in [3.63, 3.8) is 0 Å². The molecule has 0 atom stereocenters. The number of hydrogen-bond acceptors (Lipinski definition) is 1. The SMILES string of the molecule is CCc1ccccc1C(=O)O.[CH3][Sn][CH3]. The second-order valence-corrected chi connectivity index (χ2v) is 5.67. The number of aromatic carboxylic acids is 1. The van der Waals surface area contributed by atoms with Crippen LogP contribution in [0.3, 0.4) is 0 Å². The number of carboxylic acids is 1. The molecular formula is C11H16O2Sn. The van der Waals surface area contributed by atoms with E-state index < -0.39 is 5.97 Å². The molecule has 0 fully saturated rings. The van der Waals surface area contributed by atoms with E-state index in [2.05, 4.69) is 9.88 Å². The first-order chi connectivity index (χ1) is 6.67. The Morgan fingerprint density at radius 2 is 1.86 bits per heavy atom. The summed E-state index contributed by atoms with van der Waals surface area (Å²) in [4.78, 5) is 15.2. The molecule has 2 radical (unpaired) electrons. The third-order valence-corrected chi connectivity index (χ3v) is 1.63. The van der Waals surface area contributed by atoms with Crippen LogP contribution in [0.1, 0.15) is 22.8 Å². The van der Waals surface area contributed by atoms with Crippen molar-refractivity contribution in [1.82, 2.24) is 0 Å². The van der Waals surface area contributed by atoms with Gasteiger partial charge in [-0.3, -0.25) is 0 Å². The zero-order valence-electron chi connectivity index (χ0n) is 8.87. The standard InChI is InChI=1S/C9H10O2.2CH3.Sn/c1-2-7-5-3-4-6-8(7)9(10)11;;;/h3-6H,2H2,1H3,(H,10,11);2*1H3;. The van der Waals surface area contributed by atoms with Gasteiger partial charge in [0, 0.05) is 0 Å². The van der Waals surface area contributed by atoms with Crippen LogP contribution < -0.4 is 0 Å². The summed E-state index contributed by atoms with van der Waals surface area (Å²) < 4.78 is 0. The van der Waals surface area contributed by atoms with Gasteiger partial charge in [-0.05, 0) is 18.1 Å². The summed E-state index contributed by atoms with van der Waals surface area (Å²) in [5, 5.41) is 8.70. The van der Waals surface area contributed by atoms with Crippen LogP contribution in [0, 0.1) is 0 Å². The molecule has 1 aromatic rings. The summed E-state index contributed by atoms with van der Waals surface area (Å²) in [6.07, 6.45) is 0.766. The predicted octanol–water partition coefficient (Wildman–Crippen LogP) is 2.73. The molecule has 0 saturated carbocycles. The monoisotopic (exact) mass is 300 g/mol. The van der Waals surface area contributed by atoms with Gasteiger partial charge in [0.1, 0.15) is 0 Å².